The molecule has 0 saturated heterocycles. The molecule has 0 aliphatic carbocycles. The van der Waals surface area contributed by atoms with E-state index in [-0.39, 0.29) is 11.4 Å². The van der Waals surface area contributed by atoms with Crippen LogP contribution >= 0.6 is 11.3 Å². The predicted octanol–water partition coefficient (Wildman–Crippen LogP) is 0.763. The molecule has 2 rings (SSSR count). The number of sulfonamides is 1. The molecule has 110 valence electrons. The Morgan fingerprint density at radius 1 is 1.40 bits per heavy atom. The first-order chi connectivity index (χ1) is 9.54. The third kappa shape index (κ3) is 3.42. The van der Waals surface area contributed by atoms with Gasteiger partial charge in [0, 0.05) is 11.9 Å². The van der Waals surface area contributed by atoms with Crippen LogP contribution in [0.5, 0.6) is 0 Å². The van der Waals surface area contributed by atoms with E-state index >= 15 is 0 Å². The van der Waals surface area contributed by atoms with Crippen LogP contribution in [0.25, 0.3) is 0 Å². The van der Waals surface area contributed by atoms with Crippen LogP contribution in [0.15, 0.2) is 15.8 Å². The number of thiazole rings is 1. The minimum absolute atomic E-state index is 0.178. The van der Waals surface area contributed by atoms with Crippen molar-refractivity contribution in [3.05, 3.63) is 28.0 Å². The van der Waals surface area contributed by atoms with Crippen LogP contribution in [0.3, 0.4) is 0 Å². The molecule has 0 aliphatic heterocycles. The van der Waals surface area contributed by atoms with Crippen molar-refractivity contribution in [2.24, 2.45) is 0 Å². The highest BCUT2D eigenvalue weighted by Gasteiger charge is 2.23. The lowest BCUT2D eigenvalue weighted by atomic mass is 10.3. The van der Waals surface area contributed by atoms with Gasteiger partial charge in [0.2, 0.25) is 10.0 Å². The smallest absolute Gasteiger partial charge is 0.244 e. The third-order valence-electron chi connectivity index (χ3n) is 2.70. The fraction of sp³-hybridized carbons (Fsp3) is 0.455. The van der Waals surface area contributed by atoms with E-state index in [1.54, 1.807) is 12.4 Å². The molecule has 0 aliphatic rings. The highest BCUT2D eigenvalue weighted by molar-refractivity contribution is 7.89. The van der Waals surface area contributed by atoms with Crippen molar-refractivity contribution in [2.45, 2.75) is 31.8 Å². The number of H-pyrrole nitrogens is 1. The second kappa shape index (κ2) is 6.44. The Bertz CT molecular complexity index is 648. The lowest BCUT2D eigenvalue weighted by molar-refractivity contribution is 0.577. The molecule has 0 fully saturated rings. The summed E-state index contributed by atoms with van der Waals surface area (Å²) in [6.07, 6.45) is 0. The maximum atomic E-state index is 12.4. The molecule has 0 spiro atoms. The van der Waals surface area contributed by atoms with Gasteiger partial charge in [-0.3, -0.25) is 5.10 Å². The van der Waals surface area contributed by atoms with Gasteiger partial charge >= 0.3 is 0 Å². The van der Waals surface area contributed by atoms with Crippen LogP contribution in [0.2, 0.25) is 0 Å². The summed E-state index contributed by atoms with van der Waals surface area (Å²) in [5, 5.41) is 11.7. The summed E-state index contributed by atoms with van der Waals surface area (Å²) in [6.45, 7) is 4.98. The molecule has 7 nitrogen and oxygen atoms in total. The van der Waals surface area contributed by atoms with E-state index in [2.05, 4.69) is 25.2 Å². The molecular formula is C11H17N5O2S2. The van der Waals surface area contributed by atoms with Gasteiger partial charge in [0.05, 0.1) is 29.1 Å². The average molecular weight is 315 g/mol. The van der Waals surface area contributed by atoms with Crippen molar-refractivity contribution >= 4 is 21.4 Å². The zero-order chi connectivity index (χ0) is 14.6. The first kappa shape index (κ1) is 15.1. The zero-order valence-corrected chi connectivity index (χ0v) is 12.9. The van der Waals surface area contributed by atoms with Gasteiger partial charge in [-0.2, -0.15) is 5.10 Å². The molecule has 0 saturated carbocycles. The van der Waals surface area contributed by atoms with Crippen LogP contribution in [-0.4, -0.2) is 30.1 Å². The molecule has 2 aromatic heterocycles. The molecule has 0 amide bonds. The highest BCUT2D eigenvalue weighted by Crippen LogP contribution is 2.17. The van der Waals surface area contributed by atoms with Crippen LogP contribution in [-0.2, 0) is 23.1 Å². The molecule has 0 atom stereocenters. The van der Waals surface area contributed by atoms with Gasteiger partial charge in [-0.05, 0) is 13.5 Å². The van der Waals surface area contributed by atoms with Crippen LogP contribution in [0.1, 0.15) is 24.0 Å². The molecule has 9 heteroatoms. The quantitative estimate of drug-likeness (QED) is 0.700. The van der Waals surface area contributed by atoms with Gasteiger partial charge < -0.3 is 5.32 Å². The molecule has 2 heterocycles. The van der Waals surface area contributed by atoms with Crippen molar-refractivity contribution in [2.75, 3.05) is 6.54 Å². The fourth-order valence-corrected chi connectivity index (χ4v) is 3.67. The lowest BCUT2D eigenvalue weighted by Crippen LogP contribution is -2.25. The topological polar surface area (TPSA) is 99.8 Å². The van der Waals surface area contributed by atoms with E-state index in [9.17, 15) is 8.42 Å². The molecule has 0 bridgehead atoms. The number of nitrogens with zero attached hydrogens (tertiary/aromatic N) is 2. The number of nitrogens with one attached hydrogen (secondary N) is 3. The molecule has 0 unspecified atom stereocenters. The van der Waals surface area contributed by atoms with Crippen molar-refractivity contribution < 1.29 is 8.42 Å². The maximum absolute atomic E-state index is 12.4. The Morgan fingerprint density at radius 2 is 2.20 bits per heavy atom. The Balaban J connectivity index is 2.18. The Morgan fingerprint density at radius 3 is 2.85 bits per heavy atom. The Labute approximate surface area is 121 Å². The van der Waals surface area contributed by atoms with E-state index in [1.807, 2.05) is 12.3 Å². The van der Waals surface area contributed by atoms with Crippen LogP contribution in [0.4, 0.5) is 0 Å². The third-order valence-corrected chi connectivity index (χ3v) is 4.94. The minimum Gasteiger partial charge on any atom is -0.311 e. The second-order valence-electron chi connectivity index (χ2n) is 4.21. The number of hydrogen-bond acceptors (Lipinski definition) is 6. The number of hydrogen-bond donors (Lipinski definition) is 3. The van der Waals surface area contributed by atoms with Gasteiger partial charge in [-0.15, -0.1) is 11.3 Å². The summed E-state index contributed by atoms with van der Waals surface area (Å²) in [6, 6.07) is 0. The van der Waals surface area contributed by atoms with Crippen molar-refractivity contribution in [1.29, 1.82) is 0 Å². The summed E-state index contributed by atoms with van der Waals surface area (Å²) in [7, 11) is -3.60. The molecule has 20 heavy (non-hydrogen) atoms. The molecule has 0 radical (unpaired) electrons. The second-order valence-corrected chi connectivity index (χ2v) is 6.63. The zero-order valence-electron chi connectivity index (χ0n) is 11.3. The normalized spacial score (nSPS) is 11.9. The largest absolute Gasteiger partial charge is 0.311 e. The summed E-state index contributed by atoms with van der Waals surface area (Å²) >= 11 is 1.43. The minimum atomic E-state index is -3.60. The molecular weight excluding hydrogens is 298 g/mol. The number of aromatic nitrogens is 3. The highest BCUT2D eigenvalue weighted by atomic mass is 32.2. The number of rotatable bonds is 7. The van der Waals surface area contributed by atoms with Crippen molar-refractivity contribution in [1.82, 2.24) is 25.2 Å². The number of aryl methyl sites for hydroxylation is 1. The van der Waals surface area contributed by atoms with E-state index in [0.29, 0.717) is 23.6 Å². The summed E-state index contributed by atoms with van der Waals surface area (Å²) < 4.78 is 27.3. The Hall–Kier alpha value is -1.29. The molecule has 0 aromatic carbocycles. The maximum Gasteiger partial charge on any atom is 0.244 e. The number of aromatic amines is 1. The summed E-state index contributed by atoms with van der Waals surface area (Å²) in [5.74, 6) is 0. The average Bonchev–Trinajstić information content (AvgIpc) is 3.03. The van der Waals surface area contributed by atoms with Gasteiger partial charge in [0.15, 0.2) is 0 Å². The van der Waals surface area contributed by atoms with E-state index in [4.69, 9.17) is 0 Å². The monoisotopic (exact) mass is 315 g/mol. The van der Waals surface area contributed by atoms with E-state index < -0.39 is 10.0 Å². The van der Waals surface area contributed by atoms with Crippen LogP contribution in [0, 0.1) is 6.92 Å². The standard InChI is InChI=1S/C11H17N5O2S2/c1-3-12-5-10-11(8(2)15-16-10)20(17,18)14-4-9-6-19-7-13-9/h6-7,12,14H,3-5H2,1-2H3,(H,15,16). The molecule has 3 N–H and O–H groups in total. The van der Waals surface area contributed by atoms with Crippen molar-refractivity contribution in [3.8, 4) is 0 Å². The lowest BCUT2D eigenvalue weighted by Gasteiger charge is -2.07. The SMILES string of the molecule is CCNCc1n[nH]c(C)c1S(=O)(=O)NCc1cscn1. The predicted molar refractivity (Wildman–Crippen MR) is 76.8 cm³/mol. The van der Waals surface area contributed by atoms with Gasteiger partial charge in [-0.25, -0.2) is 18.1 Å². The van der Waals surface area contributed by atoms with E-state index in [1.165, 1.54) is 11.3 Å². The summed E-state index contributed by atoms with van der Waals surface area (Å²) in [5.41, 5.74) is 3.40. The summed E-state index contributed by atoms with van der Waals surface area (Å²) in [4.78, 5) is 4.27. The van der Waals surface area contributed by atoms with Gasteiger partial charge in [0.25, 0.3) is 0 Å². The van der Waals surface area contributed by atoms with Crippen molar-refractivity contribution in [3.63, 3.8) is 0 Å². The van der Waals surface area contributed by atoms with Gasteiger partial charge in [-0.1, -0.05) is 6.92 Å². The first-order valence-corrected chi connectivity index (χ1v) is 8.58. The molecule has 2 aromatic rings. The Kier molecular flexibility index (Phi) is 4.86. The first-order valence-electron chi connectivity index (χ1n) is 6.16. The van der Waals surface area contributed by atoms with E-state index in [0.717, 1.165) is 6.54 Å². The van der Waals surface area contributed by atoms with Crippen LogP contribution < -0.4 is 10.0 Å². The van der Waals surface area contributed by atoms with Gasteiger partial charge in [0.1, 0.15) is 4.90 Å². The fourth-order valence-electron chi connectivity index (χ4n) is 1.76.